The molecule has 0 saturated heterocycles. The van der Waals surface area contributed by atoms with Gasteiger partial charge in [0, 0.05) is 6.07 Å². The van der Waals surface area contributed by atoms with Crippen molar-refractivity contribution in [2.24, 2.45) is 0 Å². The van der Waals surface area contributed by atoms with E-state index in [9.17, 15) is 0 Å². The maximum atomic E-state index is 4.39. The van der Waals surface area contributed by atoms with Crippen LogP contribution in [0.5, 0.6) is 0 Å². The Morgan fingerprint density at radius 2 is 1.65 bits per heavy atom. The molecule has 3 heteroatoms. The van der Waals surface area contributed by atoms with Crippen LogP contribution in [0.1, 0.15) is 50.7 Å². The molecule has 0 saturated carbocycles. The van der Waals surface area contributed by atoms with Crippen LogP contribution in [0.25, 0.3) is 11.5 Å². The Morgan fingerprint density at radius 3 is 2.22 bits per heavy atom. The van der Waals surface area contributed by atoms with Gasteiger partial charge < -0.3 is 0 Å². The first-order valence-corrected chi connectivity index (χ1v) is 8.15. The van der Waals surface area contributed by atoms with Crippen molar-refractivity contribution in [1.82, 2.24) is 9.55 Å². The van der Waals surface area contributed by atoms with E-state index in [0.717, 1.165) is 5.82 Å². The van der Waals surface area contributed by atoms with Crippen molar-refractivity contribution < 1.29 is 4.57 Å². The fraction of sp³-hybridized carbons (Fsp3) is 0.300. The predicted octanol–water partition coefficient (Wildman–Crippen LogP) is 4.20. The highest BCUT2D eigenvalue weighted by atomic mass is 15.2. The van der Waals surface area contributed by atoms with Gasteiger partial charge in [0.1, 0.15) is 24.3 Å². The van der Waals surface area contributed by atoms with Crippen LogP contribution in [0.2, 0.25) is 0 Å². The number of pyridine rings is 1. The number of aromatic nitrogens is 3. The number of hydrogen-bond donors (Lipinski definition) is 0. The third-order valence-corrected chi connectivity index (χ3v) is 4.06. The van der Waals surface area contributed by atoms with E-state index in [1.54, 1.807) is 6.20 Å². The van der Waals surface area contributed by atoms with Crippen LogP contribution >= 0.6 is 0 Å². The van der Waals surface area contributed by atoms with Crippen molar-refractivity contribution in [3.63, 3.8) is 0 Å². The fourth-order valence-electron chi connectivity index (χ4n) is 2.85. The Hall–Kier alpha value is -2.42. The largest absolute Gasteiger partial charge is 0.314 e. The summed E-state index contributed by atoms with van der Waals surface area (Å²) in [4.78, 5) is 4.39. The number of para-hydroxylation sites is 1. The second kappa shape index (κ2) is 6.37. The molecule has 2 aromatic heterocycles. The maximum Gasteiger partial charge on any atom is 0.314 e. The highest BCUT2D eigenvalue weighted by Crippen LogP contribution is 2.30. The molecule has 0 amide bonds. The Labute approximate surface area is 138 Å². The number of benzene rings is 1. The standard InChI is InChI=1S/C20H23N3/c1-15(2)17-8-7-9-18(16(3)4)20(17)23-13-12-22(14-23)19-10-5-6-11-21-19/h5-13,15-16H,1-4H3/q+1. The van der Waals surface area contributed by atoms with Crippen molar-refractivity contribution in [3.05, 3.63) is 72.4 Å². The third-order valence-electron chi connectivity index (χ3n) is 4.06. The molecule has 23 heavy (non-hydrogen) atoms. The first-order chi connectivity index (χ1) is 11.1. The number of hydrogen-bond acceptors (Lipinski definition) is 1. The fourth-order valence-corrected chi connectivity index (χ4v) is 2.85. The summed E-state index contributed by atoms with van der Waals surface area (Å²) in [6.45, 7) is 8.94. The Balaban J connectivity index is 2.14. The zero-order chi connectivity index (χ0) is 16.4. The highest BCUT2D eigenvalue weighted by Gasteiger charge is 2.19. The summed E-state index contributed by atoms with van der Waals surface area (Å²) in [5.41, 5.74) is 3.93. The van der Waals surface area contributed by atoms with E-state index in [-0.39, 0.29) is 0 Å². The normalized spacial score (nSPS) is 11.4. The summed E-state index contributed by atoms with van der Waals surface area (Å²) in [5, 5.41) is 0. The smallest absolute Gasteiger partial charge is 0.224 e. The highest BCUT2D eigenvalue weighted by molar-refractivity contribution is 5.50. The first-order valence-electron chi connectivity index (χ1n) is 8.15. The summed E-state index contributed by atoms with van der Waals surface area (Å²) in [6, 6.07) is 12.5. The zero-order valence-corrected chi connectivity index (χ0v) is 14.2. The van der Waals surface area contributed by atoms with Crippen molar-refractivity contribution in [3.8, 4) is 11.5 Å². The third kappa shape index (κ3) is 3.04. The van der Waals surface area contributed by atoms with Crippen molar-refractivity contribution in [2.75, 3.05) is 0 Å². The van der Waals surface area contributed by atoms with Gasteiger partial charge in [-0.15, -0.1) is 4.98 Å². The van der Waals surface area contributed by atoms with E-state index in [1.165, 1.54) is 16.8 Å². The lowest BCUT2D eigenvalue weighted by molar-refractivity contribution is -0.603. The molecule has 0 unspecified atom stereocenters. The molecule has 0 aliphatic rings. The molecule has 1 radical (unpaired) electrons. The van der Waals surface area contributed by atoms with Gasteiger partial charge in [0.2, 0.25) is 0 Å². The van der Waals surface area contributed by atoms with Gasteiger partial charge in [-0.05, 0) is 29.0 Å². The summed E-state index contributed by atoms with van der Waals surface area (Å²) in [7, 11) is 0. The van der Waals surface area contributed by atoms with E-state index in [1.807, 2.05) is 29.0 Å². The molecule has 0 N–H and O–H groups in total. The topological polar surface area (TPSA) is 21.7 Å². The SMILES string of the molecule is CC(C)c1cccc(C(C)C)c1-n1[c][n+](-c2ccccn2)cc1. The van der Waals surface area contributed by atoms with E-state index < -0.39 is 0 Å². The molecule has 3 nitrogen and oxygen atoms in total. The lowest BCUT2D eigenvalue weighted by Gasteiger charge is -2.17. The molecule has 1 aromatic carbocycles. The van der Waals surface area contributed by atoms with Gasteiger partial charge >= 0.3 is 6.33 Å². The predicted molar refractivity (Wildman–Crippen MR) is 92.1 cm³/mol. The Bertz CT molecular complexity index is 759. The van der Waals surface area contributed by atoms with E-state index >= 15 is 0 Å². The van der Waals surface area contributed by atoms with Gasteiger partial charge in [-0.1, -0.05) is 52.0 Å². The van der Waals surface area contributed by atoms with Crippen LogP contribution in [0.15, 0.2) is 55.0 Å². The summed E-state index contributed by atoms with van der Waals surface area (Å²) < 4.78 is 4.03. The molecule has 3 rings (SSSR count). The minimum absolute atomic E-state index is 0.461. The van der Waals surface area contributed by atoms with Crippen LogP contribution in [0.3, 0.4) is 0 Å². The maximum absolute atomic E-state index is 4.39. The van der Waals surface area contributed by atoms with Gasteiger partial charge in [0.05, 0.1) is 0 Å². The quantitative estimate of drug-likeness (QED) is 0.662. The van der Waals surface area contributed by atoms with Crippen LogP contribution in [0.4, 0.5) is 0 Å². The molecule has 0 bridgehead atoms. The molecule has 3 aromatic rings. The molecule has 117 valence electrons. The van der Waals surface area contributed by atoms with Crippen molar-refractivity contribution >= 4 is 0 Å². The number of nitrogens with zero attached hydrogens (tertiary/aromatic N) is 3. The minimum atomic E-state index is 0.461. The Kier molecular flexibility index (Phi) is 4.28. The van der Waals surface area contributed by atoms with Crippen LogP contribution < -0.4 is 4.57 Å². The average Bonchev–Trinajstić information content (AvgIpc) is 3.04. The molecule has 0 aliphatic carbocycles. The van der Waals surface area contributed by atoms with Gasteiger partial charge in [0.15, 0.2) is 0 Å². The summed E-state index contributed by atoms with van der Waals surface area (Å²) >= 11 is 0. The van der Waals surface area contributed by atoms with Crippen molar-refractivity contribution in [2.45, 2.75) is 39.5 Å². The van der Waals surface area contributed by atoms with Crippen LogP contribution in [-0.4, -0.2) is 9.55 Å². The summed E-state index contributed by atoms with van der Waals surface area (Å²) in [6.07, 6.45) is 9.27. The summed E-state index contributed by atoms with van der Waals surface area (Å²) in [5.74, 6) is 1.80. The van der Waals surface area contributed by atoms with Crippen LogP contribution in [0, 0.1) is 6.33 Å². The molecule has 0 spiro atoms. The van der Waals surface area contributed by atoms with Gasteiger partial charge in [-0.25, -0.2) is 4.57 Å². The molecule has 0 aliphatic heterocycles. The molecule has 0 atom stereocenters. The molecule has 0 fully saturated rings. The molecular weight excluding hydrogens is 282 g/mol. The molecular formula is C20H23N3+. The van der Waals surface area contributed by atoms with E-state index in [4.69, 9.17) is 0 Å². The Morgan fingerprint density at radius 1 is 0.957 bits per heavy atom. The van der Waals surface area contributed by atoms with E-state index in [2.05, 4.69) is 68.0 Å². The lowest BCUT2D eigenvalue weighted by atomic mass is 9.92. The van der Waals surface area contributed by atoms with Gasteiger partial charge in [0.25, 0.3) is 5.82 Å². The zero-order valence-electron chi connectivity index (χ0n) is 14.2. The minimum Gasteiger partial charge on any atom is -0.224 e. The number of imidazole rings is 1. The lowest BCUT2D eigenvalue weighted by Crippen LogP contribution is -2.29. The van der Waals surface area contributed by atoms with Gasteiger partial charge in [-0.2, -0.15) is 4.57 Å². The van der Waals surface area contributed by atoms with Crippen molar-refractivity contribution in [1.29, 1.82) is 0 Å². The van der Waals surface area contributed by atoms with E-state index in [0.29, 0.717) is 11.8 Å². The molecule has 2 heterocycles. The first kappa shape index (κ1) is 15.5. The van der Waals surface area contributed by atoms with Gasteiger partial charge in [-0.3, -0.25) is 0 Å². The second-order valence-corrected chi connectivity index (χ2v) is 6.42. The van der Waals surface area contributed by atoms with Crippen LogP contribution in [-0.2, 0) is 0 Å². The number of rotatable bonds is 4. The monoisotopic (exact) mass is 305 g/mol. The second-order valence-electron chi connectivity index (χ2n) is 6.42. The average molecular weight is 305 g/mol.